The van der Waals surface area contributed by atoms with Crippen LogP contribution >= 0.6 is 0 Å². The van der Waals surface area contributed by atoms with E-state index >= 15 is 0 Å². The Balaban J connectivity index is 3.19. The highest BCUT2D eigenvalue weighted by atomic mass is 28.4. The number of nitrogens with one attached hydrogen (secondary N) is 1. The molecule has 1 saturated heterocycles. The van der Waals surface area contributed by atoms with E-state index < -0.39 is 16.5 Å². The van der Waals surface area contributed by atoms with E-state index in [0.29, 0.717) is 0 Å². The fraction of sp³-hybridized carbons (Fsp3) is 1.00. The van der Waals surface area contributed by atoms with Crippen molar-refractivity contribution in [2.24, 2.45) is 0 Å². The van der Waals surface area contributed by atoms with Crippen LogP contribution in [0.5, 0.6) is 0 Å². The number of hydrogen-bond donors (Lipinski definition) is 1. The zero-order valence-electron chi connectivity index (χ0n) is 17.8. The van der Waals surface area contributed by atoms with E-state index in [9.17, 15) is 0 Å². The van der Waals surface area contributed by atoms with Crippen LogP contribution in [0.2, 0.25) is 39.3 Å². The van der Waals surface area contributed by atoms with Gasteiger partial charge in [0.05, 0.1) is 0 Å². The molecular weight excluding hydrogens is 316 g/mol. The van der Waals surface area contributed by atoms with E-state index in [1.807, 2.05) is 0 Å². The van der Waals surface area contributed by atoms with Crippen molar-refractivity contribution < 1.29 is 0 Å². The van der Waals surface area contributed by atoms with Crippen LogP contribution in [0.15, 0.2) is 0 Å². The molecule has 1 N–H and O–H groups in total. The molecule has 0 aromatic carbocycles. The van der Waals surface area contributed by atoms with Gasteiger partial charge in [-0.2, -0.15) is 0 Å². The number of nitrogens with zero attached hydrogens (tertiary/aromatic N) is 3. The molecule has 0 unspecified atom stereocenters. The molecule has 1 fully saturated rings. The monoisotopic (exact) mass is 358 g/mol. The second-order valence-electron chi connectivity index (χ2n) is 10.9. The average molecular weight is 359 g/mol. The molecule has 0 aromatic rings. The van der Waals surface area contributed by atoms with Gasteiger partial charge in [-0.3, -0.25) is 14.1 Å². The van der Waals surface area contributed by atoms with Crippen molar-refractivity contribution in [3.63, 3.8) is 0 Å². The normalized spacial score (nSPS) is 20.7. The minimum atomic E-state index is -1.44. The van der Waals surface area contributed by atoms with Crippen LogP contribution in [-0.2, 0) is 0 Å². The van der Waals surface area contributed by atoms with Crippen LogP contribution in [-0.4, -0.2) is 61.1 Å². The Hall–Kier alpha value is 0.274. The number of hydrazine groups is 1. The van der Waals surface area contributed by atoms with Crippen molar-refractivity contribution in [1.29, 1.82) is 0 Å². The van der Waals surface area contributed by atoms with Crippen LogP contribution in [0.25, 0.3) is 0 Å². The van der Waals surface area contributed by atoms with Gasteiger partial charge in [0, 0.05) is 24.2 Å². The summed E-state index contributed by atoms with van der Waals surface area (Å²) in [5.74, 6) is 0. The SMILES string of the molecule is CC(C)(C)N1CCN(C(C)(C)C)C1NN([Si](C)(C)C)[Si](C)(C)C. The Labute approximate surface area is 147 Å². The molecule has 0 radical (unpaired) electrons. The zero-order valence-corrected chi connectivity index (χ0v) is 19.8. The first-order chi connectivity index (χ1) is 9.95. The van der Waals surface area contributed by atoms with Crippen LogP contribution < -0.4 is 5.43 Å². The molecule has 1 aliphatic heterocycles. The molecule has 4 nitrogen and oxygen atoms in total. The van der Waals surface area contributed by atoms with Crippen molar-refractivity contribution >= 4 is 16.5 Å². The van der Waals surface area contributed by atoms with Crippen LogP contribution in [0.4, 0.5) is 0 Å². The maximum absolute atomic E-state index is 4.02. The van der Waals surface area contributed by atoms with Crippen molar-refractivity contribution in [3.05, 3.63) is 0 Å². The summed E-state index contributed by atoms with van der Waals surface area (Å²) < 4.78 is 2.70. The second-order valence-corrected chi connectivity index (χ2v) is 20.9. The van der Waals surface area contributed by atoms with Crippen LogP contribution in [0, 0.1) is 0 Å². The van der Waals surface area contributed by atoms with E-state index in [-0.39, 0.29) is 17.4 Å². The summed E-state index contributed by atoms with van der Waals surface area (Å²) in [7, 11) is -2.87. The van der Waals surface area contributed by atoms with E-state index in [4.69, 9.17) is 0 Å². The third-order valence-corrected chi connectivity index (χ3v) is 11.4. The lowest BCUT2D eigenvalue weighted by Gasteiger charge is -2.51. The van der Waals surface area contributed by atoms with Crippen molar-refractivity contribution in [3.8, 4) is 0 Å². The highest BCUT2D eigenvalue weighted by Gasteiger charge is 2.46. The largest absolute Gasteiger partial charge is 0.284 e. The summed E-state index contributed by atoms with van der Waals surface area (Å²) in [6.07, 6.45) is 0.286. The molecule has 0 aliphatic carbocycles. The van der Waals surface area contributed by atoms with Crippen LogP contribution in [0.3, 0.4) is 0 Å². The first-order valence-corrected chi connectivity index (χ1v) is 15.9. The molecule has 1 rings (SSSR count). The molecule has 6 heteroatoms. The molecule has 0 saturated carbocycles. The maximum atomic E-state index is 4.02. The minimum absolute atomic E-state index is 0.169. The van der Waals surface area contributed by atoms with Gasteiger partial charge in [0.15, 0.2) is 0 Å². The summed E-state index contributed by atoms with van der Waals surface area (Å²) in [5, 5.41) is 0. The summed E-state index contributed by atoms with van der Waals surface area (Å²) >= 11 is 0. The second kappa shape index (κ2) is 6.54. The van der Waals surface area contributed by atoms with Crippen molar-refractivity contribution in [2.45, 2.75) is 98.2 Å². The number of rotatable bonds is 4. The van der Waals surface area contributed by atoms with Gasteiger partial charge < -0.3 is 0 Å². The average Bonchev–Trinajstić information content (AvgIpc) is 2.64. The predicted octanol–water partition coefficient (Wildman–Crippen LogP) is 3.96. The van der Waals surface area contributed by atoms with Gasteiger partial charge in [0.1, 0.15) is 22.8 Å². The summed E-state index contributed by atoms with van der Waals surface area (Å²) in [6.45, 7) is 31.0. The molecule has 0 atom stereocenters. The van der Waals surface area contributed by atoms with Gasteiger partial charge in [-0.05, 0) is 41.5 Å². The standard InChI is InChI=1S/C17H42N4Si2/c1-16(2,3)19-13-14-20(17(4,5)6)15(19)18-21(22(7,8)9)23(10,11)12/h15,18H,13-14H2,1-12H3. The topological polar surface area (TPSA) is 21.8 Å². The predicted molar refractivity (Wildman–Crippen MR) is 108 cm³/mol. The van der Waals surface area contributed by atoms with E-state index in [0.717, 1.165) is 13.1 Å². The van der Waals surface area contributed by atoms with Gasteiger partial charge in [-0.1, -0.05) is 39.3 Å². The first kappa shape index (κ1) is 21.3. The van der Waals surface area contributed by atoms with E-state index in [1.54, 1.807) is 0 Å². The molecule has 1 heterocycles. The lowest BCUT2D eigenvalue weighted by molar-refractivity contribution is -0.0214. The lowest BCUT2D eigenvalue weighted by atomic mass is 10.1. The van der Waals surface area contributed by atoms with Gasteiger partial charge in [0.2, 0.25) is 0 Å². The molecule has 138 valence electrons. The molecule has 0 bridgehead atoms. The van der Waals surface area contributed by atoms with E-state index in [2.05, 4.69) is 100 Å². The fourth-order valence-corrected chi connectivity index (χ4v) is 12.7. The Bertz CT molecular complexity index is 363. The molecule has 0 aromatic heterocycles. The summed E-state index contributed by atoms with van der Waals surface area (Å²) in [5.41, 5.74) is 4.36. The van der Waals surface area contributed by atoms with Crippen LogP contribution in [0.1, 0.15) is 41.5 Å². The molecule has 0 spiro atoms. The van der Waals surface area contributed by atoms with Gasteiger partial charge in [-0.25, -0.2) is 5.43 Å². The van der Waals surface area contributed by atoms with Crippen molar-refractivity contribution in [1.82, 2.24) is 19.6 Å². The Kier molecular flexibility index (Phi) is 6.06. The third kappa shape index (κ3) is 5.37. The maximum Gasteiger partial charge on any atom is 0.129 e. The van der Waals surface area contributed by atoms with Crippen molar-refractivity contribution in [2.75, 3.05) is 13.1 Å². The fourth-order valence-electron chi connectivity index (χ4n) is 3.68. The zero-order chi connectivity index (χ0) is 18.4. The molecule has 23 heavy (non-hydrogen) atoms. The van der Waals surface area contributed by atoms with E-state index in [1.165, 1.54) is 0 Å². The summed E-state index contributed by atoms with van der Waals surface area (Å²) in [6, 6.07) is 0. The smallest absolute Gasteiger partial charge is 0.129 e. The molecular formula is C17H42N4Si2. The quantitative estimate of drug-likeness (QED) is 0.606. The van der Waals surface area contributed by atoms with Gasteiger partial charge in [-0.15, -0.1) is 0 Å². The summed E-state index contributed by atoms with van der Waals surface area (Å²) in [4.78, 5) is 5.26. The molecule has 1 aliphatic rings. The van der Waals surface area contributed by atoms with Gasteiger partial charge in [0.25, 0.3) is 0 Å². The van der Waals surface area contributed by atoms with Gasteiger partial charge >= 0.3 is 0 Å². The minimum Gasteiger partial charge on any atom is -0.284 e. The number of hydrogen-bond acceptors (Lipinski definition) is 4. The third-order valence-electron chi connectivity index (χ3n) is 4.48. The molecule has 0 amide bonds. The Morgan fingerprint density at radius 1 is 0.739 bits per heavy atom. The lowest BCUT2D eigenvalue weighted by Crippen LogP contribution is -2.72. The highest BCUT2D eigenvalue weighted by Crippen LogP contribution is 2.30. The first-order valence-electron chi connectivity index (χ1n) is 9.06. The highest BCUT2D eigenvalue weighted by molar-refractivity contribution is 6.89. The Morgan fingerprint density at radius 3 is 1.26 bits per heavy atom. The Morgan fingerprint density at radius 2 is 1.04 bits per heavy atom.